The van der Waals surface area contributed by atoms with Crippen LogP contribution >= 0.6 is 12.2 Å². The van der Waals surface area contributed by atoms with Gasteiger partial charge in [-0.15, -0.1) is 0 Å². The number of esters is 1. The molecule has 12 heteroatoms. The van der Waals surface area contributed by atoms with Gasteiger partial charge in [-0.05, 0) is 18.6 Å². The van der Waals surface area contributed by atoms with Crippen molar-refractivity contribution in [3.05, 3.63) is 23.3 Å². The normalized spacial score (nSPS) is 19.8. The van der Waals surface area contributed by atoms with E-state index in [2.05, 4.69) is 4.74 Å². The lowest BCUT2D eigenvalue weighted by Gasteiger charge is -2.26. The number of thiocarbonyl (C=S) groups is 1. The number of ether oxygens (including phenoxy) is 3. The molecule has 2 atom stereocenters. The van der Waals surface area contributed by atoms with Gasteiger partial charge in [-0.2, -0.15) is 26.3 Å². The number of carbonyl (C=O) groups excluding carboxylic acids is 1. The number of hydrogen-bond donors (Lipinski definition) is 0. The molecule has 0 spiro atoms. The number of nitrogens with zero attached hydrogens (tertiary/aromatic N) is 1. The van der Waals surface area contributed by atoms with Gasteiger partial charge < -0.3 is 19.1 Å². The average molecular weight is 445 g/mol. The maximum atomic E-state index is 13.4. The molecule has 5 nitrogen and oxygen atoms in total. The van der Waals surface area contributed by atoms with Crippen molar-refractivity contribution in [1.82, 2.24) is 4.90 Å². The molecule has 1 heterocycles. The van der Waals surface area contributed by atoms with E-state index in [4.69, 9.17) is 21.7 Å². The summed E-state index contributed by atoms with van der Waals surface area (Å²) in [5, 5.41) is 0. The molecule has 29 heavy (non-hydrogen) atoms. The SMILES string of the molecule is COC(=O)[C@H]1C[C@@H](C(F)(F)F)CN1C(=S)c1cc(OC)c(OC)c(C(F)(F)F)c1. The molecule has 1 saturated heterocycles. The summed E-state index contributed by atoms with van der Waals surface area (Å²) in [5.41, 5.74) is -1.44. The van der Waals surface area contributed by atoms with E-state index in [-0.39, 0.29) is 16.3 Å². The van der Waals surface area contributed by atoms with Crippen molar-refractivity contribution < 1.29 is 45.3 Å². The number of alkyl halides is 6. The van der Waals surface area contributed by atoms with Gasteiger partial charge >= 0.3 is 18.3 Å². The zero-order chi connectivity index (χ0) is 22.1. The second-order valence-electron chi connectivity index (χ2n) is 6.23. The van der Waals surface area contributed by atoms with Crippen molar-refractivity contribution in [3.8, 4) is 11.5 Å². The number of rotatable bonds is 4. The van der Waals surface area contributed by atoms with E-state index in [1.807, 2.05) is 0 Å². The molecular formula is C17H17F6NO4S. The smallest absolute Gasteiger partial charge is 0.420 e. The highest BCUT2D eigenvalue weighted by atomic mass is 32.1. The Labute approximate surface area is 167 Å². The summed E-state index contributed by atoms with van der Waals surface area (Å²) in [4.78, 5) is 12.5. The molecule has 0 aromatic heterocycles. The summed E-state index contributed by atoms with van der Waals surface area (Å²) in [7, 11) is 3.13. The fraction of sp³-hybridized carbons (Fsp3) is 0.529. The standard InChI is InChI=1S/C17H17F6NO4S/c1-26-12-5-8(4-10(13(12)27-2)17(21,22)23)14(29)24-7-9(16(18,19)20)6-11(24)15(25)28-3/h4-5,9,11H,6-7H2,1-3H3/t9-,11-/m1/s1. The van der Waals surface area contributed by atoms with Gasteiger partial charge in [0.1, 0.15) is 16.6 Å². The predicted molar refractivity (Wildman–Crippen MR) is 92.9 cm³/mol. The van der Waals surface area contributed by atoms with Crippen LogP contribution in [0, 0.1) is 5.92 Å². The van der Waals surface area contributed by atoms with E-state index >= 15 is 0 Å². The Hall–Kier alpha value is -2.24. The van der Waals surface area contributed by atoms with Crippen LogP contribution in [0.3, 0.4) is 0 Å². The first-order valence-electron chi connectivity index (χ1n) is 8.13. The van der Waals surface area contributed by atoms with Crippen LogP contribution in [0.15, 0.2) is 12.1 Å². The second-order valence-corrected chi connectivity index (χ2v) is 6.61. The molecule has 0 unspecified atom stereocenters. The van der Waals surface area contributed by atoms with Crippen LogP contribution in [0.2, 0.25) is 0 Å². The maximum absolute atomic E-state index is 13.4. The van der Waals surface area contributed by atoms with Gasteiger partial charge in [0.05, 0.1) is 27.2 Å². The van der Waals surface area contributed by atoms with Crippen LogP contribution in [0.5, 0.6) is 11.5 Å². The Bertz CT molecular complexity index is 795. The number of halogens is 6. The second kappa shape index (κ2) is 8.25. The van der Waals surface area contributed by atoms with Crippen LogP contribution < -0.4 is 9.47 Å². The molecule has 1 aromatic rings. The number of likely N-dealkylation sites (tertiary alicyclic amines) is 1. The third kappa shape index (κ3) is 4.68. The maximum Gasteiger partial charge on any atom is 0.420 e. The van der Waals surface area contributed by atoms with Crippen LogP contribution in [0.1, 0.15) is 17.5 Å². The lowest BCUT2D eigenvalue weighted by Crippen LogP contribution is -2.41. The van der Waals surface area contributed by atoms with Crippen LogP contribution in [-0.4, -0.2) is 56.0 Å². The van der Waals surface area contributed by atoms with Gasteiger partial charge in [0.2, 0.25) is 0 Å². The molecule has 0 radical (unpaired) electrons. The molecule has 1 aliphatic heterocycles. The first-order chi connectivity index (χ1) is 13.3. The molecule has 0 bridgehead atoms. The highest BCUT2D eigenvalue weighted by Gasteiger charge is 2.51. The van der Waals surface area contributed by atoms with Gasteiger partial charge in [0.25, 0.3) is 0 Å². The quantitative estimate of drug-likeness (QED) is 0.399. The number of hydrogen-bond acceptors (Lipinski definition) is 5. The molecular weight excluding hydrogens is 428 g/mol. The first-order valence-corrected chi connectivity index (χ1v) is 8.54. The van der Waals surface area contributed by atoms with Crippen LogP contribution in [0.25, 0.3) is 0 Å². The monoisotopic (exact) mass is 445 g/mol. The Kier molecular flexibility index (Phi) is 6.55. The average Bonchev–Trinajstić information content (AvgIpc) is 3.10. The lowest BCUT2D eigenvalue weighted by atomic mass is 10.1. The van der Waals surface area contributed by atoms with E-state index in [1.165, 1.54) is 0 Å². The van der Waals surface area contributed by atoms with Crippen molar-refractivity contribution in [2.24, 2.45) is 5.92 Å². The van der Waals surface area contributed by atoms with Gasteiger partial charge in [-0.25, -0.2) is 4.79 Å². The van der Waals surface area contributed by atoms with E-state index in [0.29, 0.717) is 6.07 Å². The van der Waals surface area contributed by atoms with Gasteiger partial charge in [-0.1, -0.05) is 12.2 Å². The van der Waals surface area contributed by atoms with Crippen LogP contribution in [0.4, 0.5) is 26.3 Å². The Balaban J connectivity index is 2.53. The van der Waals surface area contributed by atoms with E-state index in [1.54, 1.807) is 0 Å². The number of benzene rings is 1. The van der Waals surface area contributed by atoms with Gasteiger partial charge in [0.15, 0.2) is 11.5 Å². The Morgan fingerprint density at radius 1 is 1.10 bits per heavy atom. The Morgan fingerprint density at radius 3 is 2.17 bits per heavy atom. The molecule has 0 saturated carbocycles. The molecule has 0 N–H and O–H groups in total. The zero-order valence-corrected chi connectivity index (χ0v) is 16.3. The molecule has 0 amide bonds. The fourth-order valence-electron chi connectivity index (χ4n) is 3.12. The molecule has 1 aliphatic rings. The topological polar surface area (TPSA) is 48.0 Å². The summed E-state index contributed by atoms with van der Waals surface area (Å²) < 4.78 is 94.0. The third-order valence-electron chi connectivity index (χ3n) is 4.53. The van der Waals surface area contributed by atoms with Crippen LogP contribution in [-0.2, 0) is 15.7 Å². The van der Waals surface area contributed by atoms with E-state index < -0.39 is 54.6 Å². The van der Waals surface area contributed by atoms with Gasteiger partial charge in [0, 0.05) is 12.1 Å². The summed E-state index contributed by atoms with van der Waals surface area (Å²) in [6.07, 6.45) is -10.1. The summed E-state index contributed by atoms with van der Waals surface area (Å²) in [5.74, 6) is -3.74. The third-order valence-corrected chi connectivity index (χ3v) is 5.00. The zero-order valence-electron chi connectivity index (χ0n) is 15.5. The molecule has 1 aromatic carbocycles. The summed E-state index contributed by atoms with van der Waals surface area (Å²) in [6, 6.07) is 0.395. The highest BCUT2D eigenvalue weighted by Crippen LogP contribution is 2.43. The van der Waals surface area contributed by atoms with E-state index in [0.717, 1.165) is 32.3 Å². The fourth-order valence-corrected chi connectivity index (χ4v) is 3.44. The molecule has 162 valence electrons. The lowest BCUT2D eigenvalue weighted by molar-refractivity contribution is -0.170. The van der Waals surface area contributed by atoms with Crippen molar-refractivity contribution in [2.75, 3.05) is 27.9 Å². The minimum absolute atomic E-state index is 0.235. The van der Waals surface area contributed by atoms with Crippen molar-refractivity contribution in [1.29, 1.82) is 0 Å². The van der Waals surface area contributed by atoms with Gasteiger partial charge in [-0.3, -0.25) is 0 Å². The minimum Gasteiger partial charge on any atom is -0.493 e. The summed E-state index contributed by atoms with van der Waals surface area (Å²) >= 11 is 5.16. The Morgan fingerprint density at radius 2 is 1.72 bits per heavy atom. The van der Waals surface area contributed by atoms with Crippen molar-refractivity contribution >= 4 is 23.2 Å². The first kappa shape index (κ1) is 23.0. The number of carbonyl (C=O) groups is 1. The van der Waals surface area contributed by atoms with Crippen molar-refractivity contribution in [2.45, 2.75) is 24.8 Å². The van der Waals surface area contributed by atoms with E-state index in [9.17, 15) is 31.1 Å². The minimum atomic E-state index is -4.84. The van der Waals surface area contributed by atoms with Crippen molar-refractivity contribution in [3.63, 3.8) is 0 Å². The number of methoxy groups -OCH3 is 3. The molecule has 2 rings (SSSR count). The predicted octanol–water partition coefficient (Wildman–Crippen LogP) is 3.82. The molecule has 1 fully saturated rings. The largest absolute Gasteiger partial charge is 0.493 e. The molecule has 0 aliphatic carbocycles. The summed E-state index contributed by atoms with van der Waals surface area (Å²) in [6.45, 7) is -0.683. The highest BCUT2D eigenvalue weighted by molar-refractivity contribution is 7.80.